The van der Waals surface area contributed by atoms with Crippen molar-refractivity contribution in [3.05, 3.63) is 23.8 Å². The summed E-state index contributed by atoms with van der Waals surface area (Å²) in [5, 5.41) is 0. The van der Waals surface area contributed by atoms with Gasteiger partial charge in [0.15, 0.2) is 5.69 Å². The third-order valence-electron chi connectivity index (χ3n) is 5.27. The molecule has 1 aliphatic heterocycles. The number of hydrogen-bond acceptors (Lipinski definition) is 6. The van der Waals surface area contributed by atoms with E-state index in [9.17, 15) is 9.59 Å². The molecule has 2 heterocycles. The largest absolute Gasteiger partial charge is 0.464 e. The van der Waals surface area contributed by atoms with Gasteiger partial charge in [-0.15, -0.1) is 0 Å². The van der Waals surface area contributed by atoms with E-state index < -0.39 is 5.97 Å². The molecule has 130 valence electrons. The molecule has 7 nitrogen and oxygen atoms in total. The summed E-state index contributed by atoms with van der Waals surface area (Å²) in [7, 11) is 3.04. The fourth-order valence-corrected chi connectivity index (χ4v) is 4.09. The first-order chi connectivity index (χ1) is 11.6. The second kappa shape index (κ2) is 6.84. The SMILES string of the molecule is COC(=O)c1cnc(C(=O)N2CCC[C@]3(CCC[C@H]3OC)C2)cn1. The van der Waals surface area contributed by atoms with Crippen LogP contribution in [0.4, 0.5) is 0 Å². The Labute approximate surface area is 141 Å². The zero-order valence-corrected chi connectivity index (χ0v) is 14.2. The van der Waals surface area contributed by atoms with Gasteiger partial charge in [-0.3, -0.25) is 4.79 Å². The van der Waals surface area contributed by atoms with Gasteiger partial charge in [-0.2, -0.15) is 0 Å². The lowest BCUT2D eigenvalue weighted by atomic mass is 9.76. The first kappa shape index (κ1) is 16.8. The molecular weight excluding hydrogens is 310 g/mol. The number of aromatic nitrogens is 2. The van der Waals surface area contributed by atoms with Gasteiger partial charge in [0.05, 0.1) is 25.6 Å². The van der Waals surface area contributed by atoms with Crippen molar-refractivity contribution >= 4 is 11.9 Å². The summed E-state index contributed by atoms with van der Waals surface area (Å²) in [4.78, 5) is 34.1. The van der Waals surface area contributed by atoms with Gasteiger partial charge in [-0.1, -0.05) is 6.42 Å². The van der Waals surface area contributed by atoms with Gasteiger partial charge < -0.3 is 14.4 Å². The molecule has 1 saturated heterocycles. The van der Waals surface area contributed by atoms with Gasteiger partial charge >= 0.3 is 5.97 Å². The van der Waals surface area contributed by atoms with Gasteiger partial charge in [0.2, 0.25) is 0 Å². The van der Waals surface area contributed by atoms with E-state index in [4.69, 9.17) is 4.74 Å². The third-order valence-corrected chi connectivity index (χ3v) is 5.27. The quantitative estimate of drug-likeness (QED) is 0.783. The Hall–Kier alpha value is -2.02. The lowest BCUT2D eigenvalue weighted by molar-refractivity contribution is -0.0296. The summed E-state index contributed by atoms with van der Waals surface area (Å²) in [6.07, 6.45) is 8.23. The number of piperidine rings is 1. The Morgan fingerprint density at radius 2 is 1.88 bits per heavy atom. The number of carbonyl (C=O) groups is 2. The number of methoxy groups -OCH3 is 2. The van der Waals surface area contributed by atoms with E-state index in [0.717, 1.165) is 38.6 Å². The highest BCUT2D eigenvalue weighted by Crippen LogP contribution is 2.46. The Morgan fingerprint density at radius 1 is 1.17 bits per heavy atom. The van der Waals surface area contributed by atoms with Crippen molar-refractivity contribution in [3.8, 4) is 0 Å². The minimum Gasteiger partial charge on any atom is -0.464 e. The van der Waals surface area contributed by atoms with Crippen molar-refractivity contribution < 1.29 is 19.1 Å². The first-order valence-electron chi connectivity index (χ1n) is 8.32. The van der Waals surface area contributed by atoms with E-state index >= 15 is 0 Å². The van der Waals surface area contributed by atoms with Crippen LogP contribution in [0, 0.1) is 5.41 Å². The van der Waals surface area contributed by atoms with Crippen molar-refractivity contribution in [2.75, 3.05) is 27.3 Å². The van der Waals surface area contributed by atoms with Crippen LogP contribution in [0.3, 0.4) is 0 Å². The highest BCUT2D eigenvalue weighted by molar-refractivity contribution is 5.93. The van der Waals surface area contributed by atoms with Crippen LogP contribution in [0.2, 0.25) is 0 Å². The van der Waals surface area contributed by atoms with Crippen LogP contribution in [0.15, 0.2) is 12.4 Å². The molecule has 2 aliphatic rings. The second-order valence-corrected chi connectivity index (χ2v) is 6.59. The number of carbonyl (C=O) groups excluding carboxylic acids is 2. The first-order valence-corrected chi connectivity index (χ1v) is 8.32. The number of likely N-dealkylation sites (tertiary alicyclic amines) is 1. The van der Waals surface area contributed by atoms with E-state index in [1.54, 1.807) is 7.11 Å². The Bertz CT molecular complexity index is 619. The van der Waals surface area contributed by atoms with Gasteiger partial charge in [-0.25, -0.2) is 14.8 Å². The summed E-state index contributed by atoms with van der Waals surface area (Å²) >= 11 is 0. The van der Waals surface area contributed by atoms with E-state index in [0.29, 0.717) is 6.54 Å². The zero-order valence-electron chi connectivity index (χ0n) is 14.2. The topological polar surface area (TPSA) is 81.6 Å². The monoisotopic (exact) mass is 333 g/mol. The molecule has 3 rings (SSSR count). The van der Waals surface area contributed by atoms with Gasteiger partial charge in [0.1, 0.15) is 5.69 Å². The van der Waals surface area contributed by atoms with Gasteiger partial charge in [0.25, 0.3) is 5.91 Å². The molecule has 0 unspecified atom stereocenters. The summed E-state index contributed by atoms with van der Waals surface area (Å²) in [6, 6.07) is 0. The van der Waals surface area contributed by atoms with Crippen LogP contribution in [-0.4, -0.2) is 60.2 Å². The minimum absolute atomic E-state index is 0.0715. The summed E-state index contributed by atoms with van der Waals surface area (Å²) in [5.74, 6) is -0.702. The molecule has 1 aromatic heterocycles. The molecule has 1 aromatic rings. The van der Waals surface area contributed by atoms with Crippen LogP contribution in [0.5, 0.6) is 0 Å². The lowest BCUT2D eigenvalue weighted by Crippen LogP contribution is -2.50. The van der Waals surface area contributed by atoms with E-state index in [-0.39, 0.29) is 28.8 Å². The van der Waals surface area contributed by atoms with Crippen molar-refractivity contribution in [2.45, 2.75) is 38.2 Å². The van der Waals surface area contributed by atoms with Crippen LogP contribution in [0.25, 0.3) is 0 Å². The van der Waals surface area contributed by atoms with Crippen molar-refractivity contribution in [3.63, 3.8) is 0 Å². The predicted octanol–water partition coefficient (Wildman–Crippen LogP) is 1.68. The molecule has 1 saturated carbocycles. The molecule has 0 radical (unpaired) electrons. The molecule has 24 heavy (non-hydrogen) atoms. The lowest BCUT2D eigenvalue weighted by Gasteiger charge is -2.43. The number of esters is 1. The fraction of sp³-hybridized carbons (Fsp3) is 0.647. The maximum Gasteiger partial charge on any atom is 0.358 e. The zero-order chi connectivity index (χ0) is 17.2. The molecule has 1 aliphatic carbocycles. The molecule has 2 atom stereocenters. The van der Waals surface area contributed by atoms with E-state index in [1.165, 1.54) is 19.5 Å². The van der Waals surface area contributed by atoms with Crippen LogP contribution < -0.4 is 0 Å². The van der Waals surface area contributed by atoms with Gasteiger partial charge in [-0.05, 0) is 25.7 Å². The maximum absolute atomic E-state index is 12.8. The van der Waals surface area contributed by atoms with Crippen LogP contribution in [-0.2, 0) is 9.47 Å². The van der Waals surface area contributed by atoms with Crippen LogP contribution in [0.1, 0.15) is 53.1 Å². The minimum atomic E-state index is -0.563. The molecule has 0 aromatic carbocycles. The molecule has 1 spiro atoms. The number of rotatable bonds is 3. The van der Waals surface area contributed by atoms with Crippen LogP contribution >= 0.6 is 0 Å². The smallest absolute Gasteiger partial charge is 0.358 e. The summed E-state index contributed by atoms with van der Waals surface area (Å²) in [6.45, 7) is 1.42. The maximum atomic E-state index is 12.8. The third kappa shape index (κ3) is 3.00. The number of nitrogens with zero attached hydrogens (tertiary/aromatic N) is 3. The molecular formula is C17H23N3O4. The fourth-order valence-electron chi connectivity index (χ4n) is 4.09. The predicted molar refractivity (Wildman–Crippen MR) is 85.6 cm³/mol. The second-order valence-electron chi connectivity index (χ2n) is 6.59. The Morgan fingerprint density at radius 3 is 2.54 bits per heavy atom. The molecule has 0 N–H and O–H groups in total. The van der Waals surface area contributed by atoms with Crippen molar-refractivity contribution in [1.29, 1.82) is 0 Å². The molecule has 1 amide bonds. The Balaban J connectivity index is 1.74. The van der Waals surface area contributed by atoms with E-state index in [2.05, 4.69) is 14.7 Å². The normalized spacial score (nSPS) is 26.6. The molecule has 2 fully saturated rings. The average molecular weight is 333 g/mol. The van der Waals surface area contributed by atoms with Crippen molar-refractivity contribution in [1.82, 2.24) is 14.9 Å². The number of ether oxygens (including phenoxy) is 2. The van der Waals surface area contributed by atoms with E-state index in [1.807, 2.05) is 4.90 Å². The highest BCUT2D eigenvalue weighted by atomic mass is 16.5. The Kier molecular flexibility index (Phi) is 4.80. The summed E-state index contributed by atoms with van der Waals surface area (Å²) in [5.41, 5.74) is 0.424. The summed E-state index contributed by atoms with van der Waals surface area (Å²) < 4.78 is 10.3. The standard InChI is InChI=1S/C17H23N3O4/c1-23-14-5-3-6-17(14)7-4-8-20(11-17)15(21)12-9-19-13(10-18-12)16(22)24-2/h9-10,14H,3-8,11H2,1-2H3/t14-,17-/m1/s1. The van der Waals surface area contributed by atoms with Gasteiger partial charge in [0, 0.05) is 25.6 Å². The highest BCUT2D eigenvalue weighted by Gasteiger charge is 2.46. The number of amides is 1. The number of hydrogen-bond donors (Lipinski definition) is 0. The average Bonchev–Trinajstić information content (AvgIpc) is 3.02. The van der Waals surface area contributed by atoms with Crippen molar-refractivity contribution in [2.24, 2.45) is 5.41 Å². The molecule has 7 heteroatoms. The molecule has 0 bridgehead atoms.